The summed E-state index contributed by atoms with van der Waals surface area (Å²) < 4.78 is 54.3. The van der Waals surface area contributed by atoms with Crippen LogP contribution in [0.2, 0.25) is 10.0 Å². The van der Waals surface area contributed by atoms with Gasteiger partial charge in [-0.1, -0.05) is 41.4 Å². The number of hydrogen-bond donors (Lipinski definition) is 1. The highest BCUT2D eigenvalue weighted by molar-refractivity contribution is 6.40. The number of aromatic carboxylic acids is 1. The maximum Gasteiger partial charge on any atom is 0.337 e. The third-order valence-electron chi connectivity index (χ3n) is 10.7. The first-order chi connectivity index (χ1) is 24.0. The lowest BCUT2D eigenvalue weighted by atomic mass is 9.86. The number of amides is 1. The van der Waals surface area contributed by atoms with Crippen LogP contribution in [0, 0.1) is 5.82 Å². The van der Waals surface area contributed by atoms with Crippen LogP contribution >= 0.6 is 23.2 Å². The van der Waals surface area contributed by atoms with Crippen LogP contribution in [-0.2, 0) is 11.3 Å². The number of carboxylic acid groups (broad SMARTS) is 1. The number of morpholine rings is 1. The van der Waals surface area contributed by atoms with Crippen LogP contribution < -0.4 is 14.5 Å². The molecule has 0 spiro atoms. The van der Waals surface area contributed by atoms with Gasteiger partial charge in [0.05, 0.1) is 58.7 Å². The molecule has 14 heteroatoms. The number of hydrogen-bond acceptors (Lipinski definition) is 7. The quantitative estimate of drug-likeness (QED) is 0.297. The summed E-state index contributed by atoms with van der Waals surface area (Å²) in [5, 5.41) is 10.4. The Kier molecular flexibility index (Phi) is 8.56. The highest BCUT2D eigenvalue weighted by atomic mass is 35.5. The standard InChI is InChI=1S/C36H35Cl2F3N4O5/c37-28-10-23(42-6-8-43(9-7-42)24-14-36(40,41)15-24)11-29(38)32(28)34(46)44-16-20-2-1-3-25(33(20)50-19-44)26-13-31(27(35(47)48)12-30(26)39)45-21-4-5-22(45)18-49-17-21/h1-3,10-13,21-22,24H,4-9,14-19H2,(H,47,48). The van der Waals surface area contributed by atoms with Crippen LogP contribution in [0.25, 0.3) is 11.1 Å². The van der Waals surface area contributed by atoms with Crippen molar-refractivity contribution in [2.45, 2.75) is 56.3 Å². The van der Waals surface area contributed by atoms with Crippen molar-refractivity contribution in [3.63, 3.8) is 0 Å². The monoisotopic (exact) mass is 730 g/mol. The van der Waals surface area contributed by atoms with E-state index >= 15 is 4.39 Å². The number of piperazine rings is 1. The van der Waals surface area contributed by atoms with E-state index in [2.05, 4.69) is 14.7 Å². The minimum atomic E-state index is -2.56. The van der Waals surface area contributed by atoms with Crippen molar-refractivity contribution in [3.05, 3.63) is 75.0 Å². The number of carbonyl (C=O) groups is 2. The zero-order valence-electron chi connectivity index (χ0n) is 27.0. The summed E-state index contributed by atoms with van der Waals surface area (Å²) in [6.45, 7) is 3.50. The lowest BCUT2D eigenvalue weighted by Gasteiger charge is -2.46. The molecular weight excluding hydrogens is 696 g/mol. The molecule has 4 fully saturated rings. The van der Waals surface area contributed by atoms with Gasteiger partial charge in [-0.3, -0.25) is 9.69 Å². The number of rotatable bonds is 6. The molecule has 0 radical (unpaired) electrons. The first-order valence-electron chi connectivity index (χ1n) is 16.8. The molecule has 9 nitrogen and oxygen atoms in total. The molecule has 0 aromatic heterocycles. The minimum absolute atomic E-state index is 0.0129. The van der Waals surface area contributed by atoms with Gasteiger partial charge in [-0.15, -0.1) is 0 Å². The summed E-state index contributed by atoms with van der Waals surface area (Å²) in [6.07, 6.45) is 1.54. The molecule has 2 unspecified atom stereocenters. The van der Waals surface area contributed by atoms with E-state index < -0.39 is 23.6 Å². The van der Waals surface area contributed by atoms with Crippen molar-refractivity contribution >= 4 is 46.5 Å². The van der Waals surface area contributed by atoms with Gasteiger partial charge in [0.2, 0.25) is 0 Å². The highest BCUT2D eigenvalue weighted by Gasteiger charge is 2.48. The van der Waals surface area contributed by atoms with Crippen LogP contribution in [0.15, 0.2) is 42.5 Å². The van der Waals surface area contributed by atoms with Gasteiger partial charge in [-0.25, -0.2) is 18.0 Å². The fourth-order valence-electron chi connectivity index (χ4n) is 8.13. The van der Waals surface area contributed by atoms with Crippen molar-refractivity contribution in [2.75, 3.05) is 55.9 Å². The Morgan fingerprint density at radius 1 is 0.900 bits per heavy atom. The van der Waals surface area contributed by atoms with E-state index in [1.54, 1.807) is 36.4 Å². The number of ether oxygens (including phenoxy) is 2. The third-order valence-corrected chi connectivity index (χ3v) is 11.3. The zero-order valence-corrected chi connectivity index (χ0v) is 28.5. The topological polar surface area (TPSA) is 85.8 Å². The van der Waals surface area contributed by atoms with Crippen LogP contribution in [0.1, 0.15) is 52.0 Å². The molecular formula is C36H35Cl2F3N4O5. The van der Waals surface area contributed by atoms with Gasteiger partial charge in [0.25, 0.3) is 11.8 Å². The summed E-state index contributed by atoms with van der Waals surface area (Å²) in [5.74, 6) is -4.47. The van der Waals surface area contributed by atoms with Crippen LogP contribution in [0.3, 0.4) is 0 Å². The van der Waals surface area contributed by atoms with Crippen molar-refractivity contribution in [1.29, 1.82) is 0 Å². The lowest BCUT2D eigenvalue weighted by Crippen LogP contribution is -2.57. The summed E-state index contributed by atoms with van der Waals surface area (Å²) in [5.41, 5.74) is 2.54. The summed E-state index contributed by atoms with van der Waals surface area (Å²) in [4.78, 5) is 33.7. The summed E-state index contributed by atoms with van der Waals surface area (Å²) in [6, 6.07) is 11.3. The molecule has 1 aliphatic carbocycles. The van der Waals surface area contributed by atoms with Crippen molar-refractivity contribution in [1.82, 2.24) is 9.80 Å². The molecule has 4 heterocycles. The van der Waals surface area contributed by atoms with Gasteiger partial charge in [-0.05, 0) is 37.1 Å². The first kappa shape index (κ1) is 33.4. The molecule has 5 aliphatic rings. The number of alkyl halides is 2. The molecule has 1 saturated carbocycles. The molecule has 2 bridgehead atoms. The van der Waals surface area contributed by atoms with E-state index in [1.165, 1.54) is 4.90 Å². The first-order valence-corrected chi connectivity index (χ1v) is 17.6. The Morgan fingerprint density at radius 3 is 2.22 bits per heavy atom. The molecule has 264 valence electrons. The van der Waals surface area contributed by atoms with Crippen molar-refractivity contribution in [3.8, 4) is 16.9 Å². The van der Waals surface area contributed by atoms with E-state index in [-0.39, 0.29) is 71.0 Å². The van der Waals surface area contributed by atoms with Gasteiger partial charge < -0.3 is 29.3 Å². The Balaban J connectivity index is 1.01. The number of anilines is 2. The van der Waals surface area contributed by atoms with Gasteiger partial charge >= 0.3 is 5.97 Å². The molecule has 1 N–H and O–H groups in total. The number of carbonyl (C=O) groups excluding carboxylic acids is 1. The molecule has 2 atom stereocenters. The van der Waals surface area contributed by atoms with Crippen LogP contribution in [-0.4, -0.2) is 97.0 Å². The molecule has 50 heavy (non-hydrogen) atoms. The zero-order chi connectivity index (χ0) is 34.9. The number of halogens is 5. The van der Waals surface area contributed by atoms with Gasteiger partial charge in [0, 0.05) is 67.4 Å². The van der Waals surface area contributed by atoms with Gasteiger partial charge in [0.15, 0.2) is 6.73 Å². The predicted molar refractivity (Wildman–Crippen MR) is 182 cm³/mol. The number of benzene rings is 3. The second-order valence-corrected chi connectivity index (χ2v) is 14.6. The predicted octanol–water partition coefficient (Wildman–Crippen LogP) is 6.78. The highest BCUT2D eigenvalue weighted by Crippen LogP contribution is 2.44. The normalized spacial score (nSPS) is 23.3. The molecule has 3 saturated heterocycles. The lowest BCUT2D eigenvalue weighted by molar-refractivity contribution is -0.124. The number of nitrogens with zero attached hydrogens (tertiary/aromatic N) is 4. The van der Waals surface area contributed by atoms with Gasteiger partial charge in [0.1, 0.15) is 11.6 Å². The van der Waals surface area contributed by atoms with Crippen LogP contribution in [0.4, 0.5) is 24.5 Å². The molecule has 3 aromatic carbocycles. The van der Waals surface area contributed by atoms with Crippen molar-refractivity contribution in [2.24, 2.45) is 0 Å². The number of fused-ring (bicyclic) bond motifs is 3. The second kappa shape index (κ2) is 12.8. The number of para-hydroxylation sites is 1. The minimum Gasteiger partial charge on any atom is -0.478 e. The fourth-order valence-corrected chi connectivity index (χ4v) is 8.77. The summed E-state index contributed by atoms with van der Waals surface area (Å²) >= 11 is 13.4. The SMILES string of the molecule is O=C(O)c1cc(F)c(-c2cccc3c2OCN(C(=O)c2c(Cl)cc(N4CCN(C5CC(F)(F)C5)CC4)cc2Cl)C3)cc1N1C2CCC1COC2. The summed E-state index contributed by atoms with van der Waals surface area (Å²) in [7, 11) is 0. The average molecular weight is 732 g/mol. The Labute approximate surface area is 297 Å². The van der Waals surface area contributed by atoms with Gasteiger partial charge in [-0.2, -0.15) is 0 Å². The van der Waals surface area contributed by atoms with E-state index in [4.69, 9.17) is 32.7 Å². The van der Waals surface area contributed by atoms with Crippen LogP contribution in [0.5, 0.6) is 5.75 Å². The van der Waals surface area contributed by atoms with E-state index in [9.17, 15) is 23.5 Å². The van der Waals surface area contributed by atoms with Crippen molar-refractivity contribution < 1.29 is 37.3 Å². The average Bonchev–Trinajstić information content (AvgIpc) is 3.32. The smallest absolute Gasteiger partial charge is 0.337 e. The maximum atomic E-state index is 15.7. The van der Waals surface area contributed by atoms with E-state index in [0.717, 1.165) is 24.6 Å². The largest absolute Gasteiger partial charge is 0.478 e. The maximum absolute atomic E-state index is 15.7. The third kappa shape index (κ3) is 5.93. The molecule has 8 rings (SSSR count). The Bertz CT molecular complexity index is 1830. The Hall–Kier alpha value is -3.71. The fraction of sp³-hybridized carbons (Fsp3) is 0.444. The van der Waals surface area contributed by atoms with E-state index in [0.29, 0.717) is 62.0 Å². The van der Waals surface area contributed by atoms with E-state index in [1.807, 2.05) is 0 Å². The molecule has 1 amide bonds. The second-order valence-electron chi connectivity index (χ2n) is 13.8. The molecule has 4 aliphatic heterocycles. The Morgan fingerprint density at radius 2 is 1.58 bits per heavy atom. The molecule has 3 aromatic rings. The number of carboxylic acids is 1.